The van der Waals surface area contributed by atoms with Gasteiger partial charge in [0, 0.05) is 31.7 Å². The highest BCUT2D eigenvalue weighted by Crippen LogP contribution is 2.30. The second-order valence-electron chi connectivity index (χ2n) is 6.98. The Morgan fingerprint density at radius 1 is 0.778 bits per heavy atom. The molecule has 0 bridgehead atoms. The molecule has 0 amide bonds. The summed E-state index contributed by atoms with van der Waals surface area (Å²) < 4.78 is 5.30. The number of likely N-dealkylation sites (N-methyl/N-ethyl adjacent to an activating group) is 1. The molecule has 0 N–H and O–H groups in total. The van der Waals surface area contributed by atoms with Crippen molar-refractivity contribution in [3.8, 4) is 28.1 Å². The molecule has 4 rings (SSSR count). The number of aromatic nitrogens is 1. The van der Waals surface area contributed by atoms with E-state index in [-0.39, 0.29) is 0 Å². The van der Waals surface area contributed by atoms with Crippen molar-refractivity contribution in [1.29, 1.82) is 0 Å². The minimum atomic E-state index is 0.871. The lowest BCUT2D eigenvalue weighted by Crippen LogP contribution is -2.44. The Hall–Kier alpha value is -2.85. The van der Waals surface area contributed by atoms with Gasteiger partial charge >= 0.3 is 0 Å². The molecule has 1 aromatic heterocycles. The van der Waals surface area contributed by atoms with Crippen molar-refractivity contribution in [2.24, 2.45) is 0 Å². The van der Waals surface area contributed by atoms with Crippen LogP contribution < -0.4 is 9.64 Å². The van der Waals surface area contributed by atoms with Crippen LogP contribution in [0.1, 0.15) is 0 Å². The molecule has 0 radical (unpaired) electrons. The van der Waals surface area contributed by atoms with Crippen LogP contribution in [0.5, 0.6) is 5.75 Å². The van der Waals surface area contributed by atoms with Crippen molar-refractivity contribution in [1.82, 2.24) is 9.88 Å². The first-order valence-electron chi connectivity index (χ1n) is 9.38. The Balaban J connectivity index is 1.76. The molecule has 2 aromatic carbocycles. The monoisotopic (exact) mass is 359 g/mol. The van der Waals surface area contributed by atoms with Crippen molar-refractivity contribution < 1.29 is 4.74 Å². The minimum absolute atomic E-state index is 0.871. The van der Waals surface area contributed by atoms with Crippen LogP contribution in [0.25, 0.3) is 22.4 Å². The van der Waals surface area contributed by atoms with Crippen LogP contribution in [0.15, 0.2) is 66.7 Å². The fourth-order valence-electron chi connectivity index (χ4n) is 3.42. The van der Waals surface area contributed by atoms with Crippen LogP contribution in [0, 0.1) is 0 Å². The molecule has 0 saturated carbocycles. The van der Waals surface area contributed by atoms with E-state index in [1.807, 2.05) is 18.2 Å². The molecule has 3 aromatic rings. The summed E-state index contributed by atoms with van der Waals surface area (Å²) >= 11 is 0. The van der Waals surface area contributed by atoms with E-state index < -0.39 is 0 Å². The van der Waals surface area contributed by atoms with Crippen molar-refractivity contribution >= 4 is 5.82 Å². The van der Waals surface area contributed by atoms with Crippen LogP contribution in [-0.2, 0) is 0 Å². The van der Waals surface area contributed by atoms with Crippen LogP contribution >= 0.6 is 0 Å². The predicted octanol–water partition coefficient (Wildman–Crippen LogP) is 4.18. The zero-order valence-electron chi connectivity index (χ0n) is 15.9. The molecule has 4 heteroatoms. The quantitative estimate of drug-likeness (QED) is 0.699. The number of piperazine rings is 1. The Kier molecular flexibility index (Phi) is 5.07. The number of rotatable bonds is 4. The summed E-state index contributed by atoms with van der Waals surface area (Å²) in [5.74, 6) is 1.92. The van der Waals surface area contributed by atoms with Gasteiger partial charge in [0.15, 0.2) is 0 Å². The first-order chi connectivity index (χ1) is 13.2. The van der Waals surface area contributed by atoms with Crippen molar-refractivity contribution in [2.75, 3.05) is 45.2 Å². The van der Waals surface area contributed by atoms with Gasteiger partial charge in [-0.05, 0) is 42.4 Å². The second-order valence-corrected chi connectivity index (χ2v) is 6.98. The fourth-order valence-corrected chi connectivity index (χ4v) is 3.42. The van der Waals surface area contributed by atoms with Gasteiger partial charge in [0.1, 0.15) is 11.6 Å². The SMILES string of the molecule is COc1ccc(-c2cc(-c3ccccc3)nc(N3CCN(C)CC3)c2)cc1. The first kappa shape index (κ1) is 17.6. The number of hydrogen-bond donors (Lipinski definition) is 0. The molecule has 0 unspecified atom stereocenters. The van der Waals surface area contributed by atoms with Gasteiger partial charge in [0.25, 0.3) is 0 Å². The second kappa shape index (κ2) is 7.80. The lowest BCUT2D eigenvalue weighted by atomic mass is 10.0. The predicted molar refractivity (Wildman–Crippen MR) is 111 cm³/mol. The number of methoxy groups -OCH3 is 1. The molecule has 4 nitrogen and oxygen atoms in total. The number of ether oxygens (including phenoxy) is 1. The molecule has 1 fully saturated rings. The van der Waals surface area contributed by atoms with Gasteiger partial charge in [-0.1, -0.05) is 42.5 Å². The number of pyridine rings is 1. The molecule has 0 aliphatic carbocycles. The van der Waals surface area contributed by atoms with Gasteiger partial charge in [-0.2, -0.15) is 0 Å². The van der Waals surface area contributed by atoms with Gasteiger partial charge in [0.05, 0.1) is 12.8 Å². The van der Waals surface area contributed by atoms with Crippen LogP contribution in [-0.4, -0.2) is 50.2 Å². The topological polar surface area (TPSA) is 28.6 Å². The van der Waals surface area contributed by atoms with E-state index in [9.17, 15) is 0 Å². The Morgan fingerprint density at radius 3 is 2.15 bits per heavy atom. The van der Waals surface area contributed by atoms with E-state index >= 15 is 0 Å². The zero-order chi connectivity index (χ0) is 18.6. The Morgan fingerprint density at radius 2 is 1.48 bits per heavy atom. The summed E-state index contributed by atoms with van der Waals surface area (Å²) in [7, 11) is 3.87. The molecule has 138 valence electrons. The van der Waals surface area contributed by atoms with E-state index in [0.29, 0.717) is 0 Å². The third-order valence-electron chi connectivity index (χ3n) is 5.13. The molecular formula is C23H25N3O. The summed E-state index contributed by atoms with van der Waals surface area (Å²) in [4.78, 5) is 9.75. The molecule has 0 atom stereocenters. The van der Waals surface area contributed by atoms with Crippen LogP contribution in [0.3, 0.4) is 0 Å². The third-order valence-corrected chi connectivity index (χ3v) is 5.13. The average Bonchev–Trinajstić information content (AvgIpc) is 2.74. The van der Waals surface area contributed by atoms with Gasteiger partial charge in [-0.15, -0.1) is 0 Å². The van der Waals surface area contributed by atoms with Gasteiger partial charge in [-0.3, -0.25) is 0 Å². The van der Waals surface area contributed by atoms with E-state index in [1.165, 1.54) is 11.1 Å². The number of nitrogens with zero attached hydrogens (tertiary/aromatic N) is 3. The molecule has 1 aliphatic heterocycles. The molecule has 2 heterocycles. The number of hydrogen-bond acceptors (Lipinski definition) is 4. The third kappa shape index (κ3) is 3.96. The first-order valence-corrected chi connectivity index (χ1v) is 9.38. The van der Waals surface area contributed by atoms with Gasteiger partial charge in [0.2, 0.25) is 0 Å². The Bertz CT molecular complexity index is 885. The van der Waals surface area contributed by atoms with Crippen molar-refractivity contribution in [3.05, 3.63) is 66.7 Å². The largest absolute Gasteiger partial charge is 0.497 e. The van der Waals surface area contributed by atoms with E-state index in [0.717, 1.165) is 49.0 Å². The fraction of sp³-hybridized carbons (Fsp3) is 0.261. The zero-order valence-corrected chi connectivity index (χ0v) is 15.9. The molecule has 27 heavy (non-hydrogen) atoms. The minimum Gasteiger partial charge on any atom is -0.497 e. The maximum atomic E-state index is 5.30. The van der Waals surface area contributed by atoms with Crippen molar-refractivity contribution in [3.63, 3.8) is 0 Å². The normalized spacial score (nSPS) is 15.0. The maximum absolute atomic E-state index is 5.30. The summed E-state index contributed by atoms with van der Waals surface area (Å²) in [6, 6.07) is 23.0. The molecule has 1 aliphatic rings. The highest BCUT2D eigenvalue weighted by atomic mass is 16.5. The molecule has 1 saturated heterocycles. The Labute approximate surface area is 161 Å². The standard InChI is InChI=1S/C23H25N3O/c1-25-12-14-26(15-13-25)23-17-20(18-8-10-21(27-2)11-9-18)16-22(24-23)19-6-4-3-5-7-19/h3-11,16-17H,12-15H2,1-2H3. The van der Waals surface area contributed by atoms with Crippen LogP contribution in [0.2, 0.25) is 0 Å². The smallest absolute Gasteiger partial charge is 0.129 e. The van der Waals surface area contributed by atoms with Gasteiger partial charge < -0.3 is 14.5 Å². The molecular weight excluding hydrogens is 334 g/mol. The highest BCUT2D eigenvalue weighted by molar-refractivity contribution is 5.74. The highest BCUT2D eigenvalue weighted by Gasteiger charge is 2.17. The lowest BCUT2D eigenvalue weighted by Gasteiger charge is -2.33. The lowest BCUT2D eigenvalue weighted by molar-refractivity contribution is 0.312. The number of benzene rings is 2. The average molecular weight is 359 g/mol. The summed E-state index contributed by atoms with van der Waals surface area (Å²) in [5, 5.41) is 0. The molecule has 0 spiro atoms. The summed E-state index contributed by atoms with van der Waals surface area (Å²) in [6.07, 6.45) is 0. The number of anilines is 1. The van der Waals surface area contributed by atoms with E-state index in [4.69, 9.17) is 9.72 Å². The van der Waals surface area contributed by atoms with Gasteiger partial charge in [-0.25, -0.2) is 4.98 Å². The maximum Gasteiger partial charge on any atom is 0.129 e. The van der Waals surface area contributed by atoms with Crippen LogP contribution in [0.4, 0.5) is 5.82 Å². The van der Waals surface area contributed by atoms with Crippen molar-refractivity contribution in [2.45, 2.75) is 0 Å². The summed E-state index contributed by atoms with van der Waals surface area (Å²) in [5.41, 5.74) is 4.51. The summed E-state index contributed by atoms with van der Waals surface area (Å²) in [6.45, 7) is 4.14. The van der Waals surface area contributed by atoms with E-state index in [2.05, 4.69) is 65.4 Å². The van der Waals surface area contributed by atoms with E-state index in [1.54, 1.807) is 7.11 Å².